The molecule has 0 unspecified atom stereocenters. The Morgan fingerprint density at radius 1 is 1.17 bits per heavy atom. The van der Waals surface area contributed by atoms with Crippen LogP contribution in [0, 0.1) is 17.2 Å². The summed E-state index contributed by atoms with van der Waals surface area (Å²) in [7, 11) is 0. The Hall–Kier alpha value is -3.86. The molecule has 30 heavy (non-hydrogen) atoms. The van der Waals surface area contributed by atoms with Gasteiger partial charge in [-0.15, -0.1) is 0 Å². The van der Waals surface area contributed by atoms with Crippen molar-refractivity contribution < 1.29 is 19.1 Å². The quantitative estimate of drug-likeness (QED) is 0.710. The molecule has 1 aliphatic rings. The van der Waals surface area contributed by atoms with E-state index in [9.17, 15) is 14.4 Å². The highest BCUT2D eigenvalue weighted by Crippen LogP contribution is 2.25. The highest BCUT2D eigenvalue weighted by Gasteiger charge is 2.35. The number of nitriles is 1. The summed E-state index contributed by atoms with van der Waals surface area (Å²) in [6, 6.07) is 16.2. The molecule has 2 aromatic rings. The van der Waals surface area contributed by atoms with Crippen LogP contribution < -0.4 is 20.5 Å². The average Bonchev–Trinajstić information content (AvgIpc) is 3.17. The molecule has 0 bridgehead atoms. The first-order valence-electron chi connectivity index (χ1n) is 9.61. The number of anilines is 1. The minimum Gasteiger partial charge on any atom is -0.482 e. The number of aryl methyl sites for hydroxylation is 1. The van der Waals surface area contributed by atoms with E-state index in [1.165, 1.54) is 5.56 Å². The van der Waals surface area contributed by atoms with Crippen LogP contribution in [0.15, 0.2) is 48.5 Å². The fourth-order valence-electron chi connectivity index (χ4n) is 3.14. The Labute approximate surface area is 174 Å². The van der Waals surface area contributed by atoms with Crippen LogP contribution in [-0.4, -0.2) is 30.9 Å². The number of nitrogens with zero attached hydrogens (tertiary/aromatic N) is 2. The largest absolute Gasteiger partial charge is 0.482 e. The van der Waals surface area contributed by atoms with Gasteiger partial charge in [-0.05, 0) is 36.2 Å². The Morgan fingerprint density at radius 2 is 1.90 bits per heavy atom. The molecule has 0 aliphatic carbocycles. The maximum Gasteiger partial charge on any atom is 0.276 e. The van der Waals surface area contributed by atoms with Crippen LogP contribution in [0.4, 0.5) is 5.69 Å². The summed E-state index contributed by atoms with van der Waals surface area (Å²) in [4.78, 5) is 38.2. The van der Waals surface area contributed by atoms with E-state index in [0.29, 0.717) is 5.56 Å². The topological polar surface area (TPSA) is 112 Å². The molecule has 0 spiro atoms. The molecule has 0 radical (unpaired) electrons. The number of hydrogen-bond acceptors (Lipinski definition) is 5. The van der Waals surface area contributed by atoms with E-state index >= 15 is 0 Å². The molecule has 2 N–H and O–H groups in total. The smallest absolute Gasteiger partial charge is 0.276 e. The predicted octanol–water partition coefficient (Wildman–Crippen LogP) is 1.70. The lowest BCUT2D eigenvalue weighted by Crippen LogP contribution is -2.46. The second-order valence-corrected chi connectivity index (χ2v) is 6.86. The molecule has 3 amide bonds. The molecule has 8 heteroatoms. The number of hydrazine groups is 1. The van der Waals surface area contributed by atoms with E-state index in [1.54, 1.807) is 29.2 Å². The van der Waals surface area contributed by atoms with E-state index in [4.69, 9.17) is 10.00 Å². The summed E-state index contributed by atoms with van der Waals surface area (Å²) in [5.41, 5.74) is 6.84. The Balaban J connectivity index is 1.48. The summed E-state index contributed by atoms with van der Waals surface area (Å²) in [6.07, 6.45) is 0.980. The highest BCUT2D eigenvalue weighted by molar-refractivity contribution is 6.00. The fourth-order valence-corrected chi connectivity index (χ4v) is 3.14. The number of carbonyl (C=O) groups is 3. The van der Waals surface area contributed by atoms with Crippen molar-refractivity contribution in [3.05, 3.63) is 59.7 Å². The third-order valence-electron chi connectivity index (χ3n) is 4.84. The Bertz CT molecular complexity index is 981. The first-order chi connectivity index (χ1) is 14.5. The summed E-state index contributed by atoms with van der Waals surface area (Å²) in [5, 5.41) is 9.01. The van der Waals surface area contributed by atoms with Crippen molar-refractivity contribution in [3.8, 4) is 11.8 Å². The minimum absolute atomic E-state index is 0.0727. The van der Waals surface area contributed by atoms with Crippen LogP contribution in [-0.2, 0) is 20.8 Å². The second kappa shape index (κ2) is 9.56. The predicted molar refractivity (Wildman–Crippen MR) is 109 cm³/mol. The number of rotatable bonds is 6. The Morgan fingerprint density at radius 3 is 2.60 bits per heavy atom. The van der Waals surface area contributed by atoms with E-state index in [1.807, 2.05) is 30.3 Å². The lowest BCUT2D eigenvalue weighted by Gasteiger charge is -2.17. The van der Waals surface area contributed by atoms with Crippen molar-refractivity contribution >= 4 is 23.4 Å². The third-order valence-corrected chi connectivity index (χ3v) is 4.84. The number of nitrogens with one attached hydrogen (secondary N) is 2. The van der Waals surface area contributed by atoms with Crippen LogP contribution >= 0.6 is 0 Å². The van der Waals surface area contributed by atoms with Gasteiger partial charge in [0.2, 0.25) is 11.8 Å². The van der Waals surface area contributed by atoms with Crippen LogP contribution in [0.5, 0.6) is 5.75 Å². The number of ether oxygens (including phenoxy) is 1. The van der Waals surface area contributed by atoms with Gasteiger partial charge in [-0.2, -0.15) is 5.26 Å². The second-order valence-electron chi connectivity index (χ2n) is 6.86. The van der Waals surface area contributed by atoms with E-state index in [2.05, 4.69) is 17.8 Å². The number of benzene rings is 2. The zero-order valence-corrected chi connectivity index (χ0v) is 16.6. The standard InChI is InChI=1S/C22H22N4O4/c1-2-15-7-9-18(10-8-15)26-13-17(11-21(26)28)22(29)25-24-20(27)14-30-19-6-4-3-5-16(19)12-23/h3-10,17H,2,11,13-14H2,1H3,(H,24,27)(H,25,29)/t17-/m0/s1. The maximum absolute atomic E-state index is 12.4. The van der Waals surface area contributed by atoms with Gasteiger partial charge in [0.15, 0.2) is 6.61 Å². The summed E-state index contributed by atoms with van der Waals surface area (Å²) < 4.78 is 5.31. The molecule has 0 aromatic heterocycles. The van der Waals surface area contributed by atoms with Crippen LogP contribution in [0.3, 0.4) is 0 Å². The van der Waals surface area contributed by atoms with Crippen LogP contribution in [0.25, 0.3) is 0 Å². The average molecular weight is 406 g/mol. The molecular formula is C22H22N4O4. The number of hydrogen-bond donors (Lipinski definition) is 2. The van der Waals surface area contributed by atoms with Gasteiger partial charge in [0.1, 0.15) is 11.8 Å². The van der Waals surface area contributed by atoms with Crippen molar-refractivity contribution in [2.75, 3.05) is 18.1 Å². The van der Waals surface area contributed by atoms with Gasteiger partial charge in [0.25, 0.3) is 5.91 Å². The SMILES string of the molecule is CCc1ccc(N2C[C@@H](C(=O)NNC(=O)COc3ccccc3C#N)CC2=O)cc1. The third kappa shape index (κ3) is 4.94. The van der Waals surface area contributed by atoms with Crippen molar-refractivity contribution in [1.29, 1.82) is 5.26 Å². The molecule has 1 aliphatic heterocycles. The summed E-state index contributed by atoms with van der Waals surface area (Å²) in [6.45, 7) is 1.94. The van der Waals surface area contributed by atoms with Gasteiger partial charge in [0, 0.05) is 18.7 Å². The zero-order chi connectivity index (χ0) is 21.5. The monoisotopic (exact) mass is 406 g/mol. The molecule has 8 nitrogen and oxygen atoms in total. The lowest BCUT2D eigenvalue weighted by molar-refractivity contribution is -0.132. The van der Waals surface area contributed by atoms with Crippen molar-refractivity contribution in [2.24, 2.45) is 5.92 Å². The molecular weight excluding hydrogens is 384 g/mol. The van der Waals surface area contributed by atoms with Crippen LogP contribution in [0.2, 0.25) is 0 Å². The zero-order valence-electron chi connectivity index (χ0n) is 16.6. The van der Waals surface area contributed by atoms with Gasteiger partial charge < -0.3 is 9.64 Å². The number of para-hydroxylation sites is 1. The molecule has 2 aromatic carbocycles. The first-order valence-corrected chi connectivity index (χ1v) is 9.61. The van der Waals surface area contributed by atoms with Gasteiger partial charge in [0.05, 0.1) is 11.5 Å². The van der Waals surface area contributed by atoms with E-state index in [-0.39, 0.29) is 31.2 Å². The van der Waals surface area contributed by atoms with Crippen molar-refractivity contribution in [3.63, 3.8) is 0 Å². The number of carbonyl (C=O) groups excluding carboxylic acids is 3. The minimum atomic E-state index is -0.576. The molecule has 3 rings (SSSR count). The molecule has 154 valence electrons. The van der Waals surface area contributed by atoms with Crippen LogP contribution in [0.1, 0.15) is 24.5 Å². The van der Waals surface area contributed by atoms with Gasteiger partial charge >= 0.3 is 0 Å². The van der Waals surface area contributed by atoms with Crippen molar-refractivity contribution in [1.82, 2.24) is 10.9 Å². The maximum atomic E-state index is 12.4. The number of amides is 3. The van der Waals surface area contributed by atoms with Gasteiger partial charge in [-0.1, -0.05) is 31.2 Å². The summed E-state index contributed by atoms with van der Waals surface area (Å²) >= 11 is 0. The van der Waals surface area contributed by atoms with E-state index in [0.717, 1.165) is 12.1 Å². The Kier molecular flexibility index (Phi) is 6.65. The van der Waals surface area contributed by atoms with Gasteiger partial charge in [-0.25, -0.2) is 0 Å². The fraction of sp³-hybridized carbons (Fsp3) is 0.273. The molecule has 1 saturated heterocycles. The molecule has 1 fully saturated rings. The first kappa shape index (κ1) is 20.9. The molecule has 0 saturated carbocycles. The summed E-state index contributed by atoms with van der Waals surface area (Å²) in [5.74, 6) is -1.44. The molecule has 1 heterocycles. The van der Waals surface area contributed by atoms with Gasteiger partial charge in [-0.3, -0.25) is 25.2 Å². The normalized spacial score (nSPS) is 15.4. The lowest BCUT2D eigenvalue weighted by atomic mass is 10.1. The van der Waals surface area contributed by atoms with Crippen molar-refractivity contribution in [2.45, 2.75) is 19.8 Å². The molecule has 1 atom stereocenters. The van der Waals surface area contributed by atoms with E-state index < -0.39 is 17.7 Å². The highest BCUT2D eigenvalue weighted by atomic mass is 16.5.